The Labute approximate surface area is 140 Å². The molecule has 2 aromatic rings. The minimum atomic E-state index is -4.72. The second-order valence-corrected chi connectivity index (χ2v) is 6.81. The SMILES string of the molecule is Cc1c(F)cc(C(N)=O)cc1NS(=O)(=O)c1cccc(C(F)(F)F)c1. The molecule has 0 saturated heterocycles. The van der Waals surface area contributed by atoms with Crippen molar-refractivity contribution in [3.8, 4) is 0 Å². The van der Waals surface area contributed by atoms with Crippen LogP contribution in [-0.2, 0) is 16.2 Å². The van der Waals surface area contributed by atoms with Gasteiger partial charge in [-0.15, -0.1) is 0 Å². The maximum absolute atomic E-state index is 13.8. The summed E-state index contributed by atoms with van der Waals surface area (Å²) < 4.78 is 78.6. The molecule has 0 unspecified atom stereocenters. The first-order chi connectivity index (χ1) is 11.4. The maximum atomic E-state index is 13.8. The number of carbonyl (C=O) groups excluding carboxylic acids is 1. The van der Waals surface area contributed by atoms with Crippen LogP contribution in [0.25, 0.3) is 0 Å². The average molecular weight is 376 g/mol. The highest BCUT2D eigenvalue weighted by atomic mass is 32.2. The van der Waals surface area contributed by atoms with Crippen molar-refractivity contribution in [1.82, 2.24) is 0 Å². The molecule has 2 aromatic carbocycles. The predicted molar refractivity (Wildman–Crippen MR) is 81.9 cm³/mol. The highest BCUT2D eigenvalue weighted by Gasteiger charge is 2.31. The van der Waals surface area contributed by atoms with Gasteiger partial charge in [-0.2, -0.15) is 13.2 Å². The van der Waals surface area contributed by atoms with Crippen LogP contribution in [0.5, 0.6) is 0 Å². The predicted octanol–water partition coefficient (Wildman–Crippen LogP) is 3.05. The highest BCUT2D eigenvalue weighted by molar-refractivity contribution is 7.92. The van der Waals surface area contributed by atoms with Gasteiger partial charge in [-0.3, -0.25) is 9.52 Å². The molecule has 0 heterocycles. The quantitative estimate of drug-likeness (QED) is 0.804. The standard InChI is InChI=1S/C15H12F4N2O3S/c1-8-12(16)5-9(14(20)22)6-13(8)21-25(23,24)11-4-2-3-10(7-11)15(17,18)19/h2-7,21H,1H3,(H2,20,22). The van der Waals surface area contributed by atoms with Gasteiger partial charge in [0.25, 0.3) is 10.0 Å². The Morgan fingerprint density at radius 1 is 1.16 bits per heavy atom. The van der Waals surface area contributed by atoms with E-state index in [1.807, 2.05) is 4.72 Å². The number of hydrogen-bond donors (Lipinski definition) is 2. The van der Waals surface area contributed by atoms with Crippen molar-refractivity contribution < 1.29 is 30.8 Å². The topological polar surface area (TPSA) is 89.3 Å². The van der Waals surface area contributed by atoms with E-state index in [0.29, 0.717) is 6.07 Å². The number of anilines is 1. The van der Waals surface area contributed by atoms with E-state index in [0.717, 1.165) is 30.3 Å². The van der Waals surface area contributed by atoms with Gasteiger partial charge in [0.15, 0.2) is 0 Å². The van der Waals surface area contributed by atoms with Gasteiger partial charge in [0.1, 0.15) is 5.82 Å². The maximum Gasteiger partial charge on any atom is 0.416 e. The molecule has 2 rings (SSSR count). The summed E-state index contributed by atoms with van der Waals surface area (Å²) in [6.07, 6.45) is -4.72. The van der Waals surface area contributed by atoms with Crippen molar-refractivity contribution in [3.05, 3.63) is 58.9 Å². The lowest BCUT2D eigenvalue weighted by Gasteiger charge is -2.13. The molecule has 5 nitrogen and oxygen atoms in total. The molecule has 0 fully saturated rings. The summed E-state index contributed by atoms with van der Waals surface area (Å²) >= 11 is 0. The van der Waals surface area contributed by atoms with Crippen molar-refractivity contribution in [2.75, 3.05) is 4.72 Å². The number of rotatable bonds is 4. The van der Waals surface area contributed by atoms with Crippen LogP contribution in [0, 0.1) is 12.7 Å². The smallest absolute Gasteiger partial charge is 0.366 e. The van der Waals surface area contributed by atoms with Gasteiger partial charge in [0, 0.05) is 11.1 Å². The van der Waals surface area contributed by atoms with Crippen molar-refractivity contribution in [2.45, 2.75) is 18.0 Å². The Balaban J connectivity index is 2.48. The van der Waals surface area contributed by atoms with Crippen LogP contribution in [0.15, 0.2) is 41.3 Å². The summed E-state index contributed by atoms with van der Waals surface area (Å²) in [5.74, 6) is -1.88. The van der Waals surface area contributed by atoms with Gasteiger partial charge >= 0.3 is 6.18 Å². The molecule has 1 amide bonds. The number of nitrogens with two attached hydrogens (primary N) is 1. The zero-order valence-corrected chi connectivity index (χ0v) is 13.5. The summed E-state index contributed by atoms with van der Waals surface area (Å²) in [7, 11) is -4.45. The molecule has 0 atom stereocenters. The Morgan fingerprint density at radius 3 is 2.36 bits per heavy atom. The monoisotopic (exact) mass is 376 g/mol. The minimum absolute atomic E-state index is 0.138. The minimum Gasteiger partial charge on any atom is -0.366 e. The molecule has 0 aromatic heterocycles. The molecular weight excluding hydrogens is 364 g/mol. The summed E-state index contributed by atoms with van der Waals surface area (Å²) in [6, 6.07) is 4.90. The van der Waals surface area contributed by atoms with Crippen molar-refractivity contribution in [2.24, 2.45) is 5.73 Å². The number of hydrogen-bond acceptors (Lipinski definition) is 3. The van der Waals surface area contributed by atoms with Crippen LogP contribution in [0.1, 0.15) is 21.5 Å². The summed E-state index contributed by atoms with van der Waals surface area (Å²) in [5.41, 5.74) is 3.16. The van der Waals surface area contributed by atoms with Gasteiger partial charge in [0.2, 0.25) is 5.91 Å². The Kier molecular flexibility index (Phi) is 4.76. The first-order valence-electron chi connectivity index (χ1n) is 6.72. The molecule has 3 N–H and O–H groups in total. The fraction of sp³-hybridized carbons (Fsp3) is 0.133. The van der Waals surface area contributed by atoms with E-state index in [2.05, 4.69) is 0 Å². The summed E-state index contributed by atoms with van der Waals surface area (Å²) in [5, 5.41) is 0. The number of nitrogens with one attached hydrogen (secondary N) is 1. The van der Waals surface area contributed by atoms with Crippen LogP contribution in [0.4, 0.5) is 23.2 Å². The van der Waals surface area contributed by atoms with Crippen LogP contribution in [0.3, 0.4) is 0 Å². The van der Waals surface area contributed by atoms with E-state index in [1.54, 1.807) is 0 Å². The number of halogens is 4. The van der Waals surface area contributed by atoms with Crippen molar-refractivity contribution >= 4 is 21.6 Å². The molecular formula is C15H12F4N2O3S. The lowest BCUT2D eigenvalue weighted by atomic mass is 10.1. The largest absolute Gasteiger partial charge is 0.416 e. The summed E-state index contributed by atoms with van der Waals surface area (Å²) in [4.78, 5) is 10.5. The normalized spacial score (nSPS) is 12.0. The molecule has 0 bridgehead atoms. The van der Waals surface area contributed by atoms with Gasteiger partial charge < -0.3 is 5.73 Å². The number of carbonyl (C=O) groups is 1. The fourth-order valence-corrected chi connectivity index (χ4v) is 3.13. The summed E-state index contributed by atoms with van der Waals surface area (Å²) in [6.45, 7) is 1.24. The molecule has 0 radical (unpaired) electrons. The van der Waals surface area contributed by atoms with Gasteiger partial charge in [0.05, 0.1) is 16.1 Å². The number of primary amides is 1. The van der Waals surface area contributed by atoms with E-state index in [1.165, 1.54) is 6.92 Å². The molecule has 0 aliphatic rings. The highest BCUT2D eigenvalue weighted by Crippen LogP contribution is 2.31. The molecule has 0 aliphatic heterocycles. The Hall–Kier alpha value is -2.62. The molecule has 0 spiro atoms. The third-order valence-electron chi connectivity index (χ3n) is 3.34. The van der Waals surface area contributed by atoms with E-state index < -0.39 is 38.4 Å². The molecule has 25 heavy (non-hydrogen) atoms. The number of benzene rings is 2. The third kappa shape index (κ3) is 4.08. The van der Waals surface area contributed by atoms with E-state index in [9.17, 15) is 30.8 Å². The van der Waals surface area contributed by atoms with Gasteiger partial charge in [-0.25, -0.2) is 12.8 Å². The Bertz CT molecular complexity index is 940. The fourth-order valence-electron chi connectivity index (χ4n) is 1.97. The number of alkyl halides is 3. The zero-order valence-electron chi connectivity index (χ0n) is 12.7. The van der Waals surface area contributed by atoms with Crippen LogP contribution < -0.4 is 10.5 Å². The lowest BCUT2D eigenvalue weighted by Crippen LogP contribution is -2.17. The second-order valence-electron chi connectivity index (χ2n) is 5.13. The first-order valence-corrected chi connectivity index (χ1v) is 8.20. The molecule has 0 aliphatic carbocycles. The zero-order chi connectivity index (χ0) is 19.0. The van der Waals surface area contributed by atoms with Crippen LogP contribution >= 0.6 is 0 Å². The van der Waals surface area contributed by atoms with E-state index >= 15 is 0 Å². The third-order valence-corrected chi connectivity index (χ3v) is 4.71. The second kappa shape index (κ2) is 6.36. The molecule has 0 saturated carbocycles. The Morgan fingerprint density at radius 2 is 1.80 bits per heavy atom. The van der Waals surface area contributed by atoms with Gasteiger partial charge in [-0.05, 0) is 37.3 Å². The molecule has 10 heteroatoms. The van der Waals surface area contributed by atoms with E-state index in [4.69, 9.17) is 5.73 Å². The number of sulfonamides is 1. The first kappa shape index (κ1) is 18.7. The average Bonchev–Trinajstić information content (AvgIpc) is 2.50. The number of amides is 1. The van der Waals surface area contributed by atoms with Crippen LogP contribution in [-0.4, -0.2) is 14.3 Å². The van der Waals surface area contributed by atoms with Crippen molar-refractivity contribution in [1.29, 1.82) is 0 Å². The lowest BCUT2D eigenvalue weighted by molar-refractivity contribution is -0.137. The van der Waals surface area contributed by atoms with Crippen molar-refractivity contribution in [3.63, 3.8) is 0 Å². The van der Waals surface area contributed by atoms with Gasteiger partial charge in [-0.1, -0.05) is 6.07 Å². The van der Waals surface area contributed by atoms with Crippen LogP contribution in [0.2, 0.25) is 0 Å². The van der Waals surface area contributed by atoms with E-state index in [-0.39, 0.29) is 16.8 Å². The molecule has 134 valence electrons.